The molecule has 3 heteroatoms. The van der Waals surface area contributed by atoms with E-state index in [-0.39, 0.29) is 5.91 Å². The molecule has 0 atom stereocenters. The molecule has 3 nitrogen and oxygen atoms in total. The Labute approximate surface area is 140 Å². The lowest BCUT2D eigenvalue weighted by atomic mass is 9.86. The first-order chi connectivity index (χ1) is 11.1. The van der Waals surface area contributed by atoms with Gasteiger partial charge in [-0.05, 0) is 36.6 Å². The fourth-order valence-corrected chi connectivity index (χ4v) is 3.03. The van der Waals surface area contributed by atoms with Gasteiger partial charge in [0.1, 0.15) is 0 Å². The number of amides is 1. The maximum absolute atomic E-state index is 11.8. The molecule has 0 heterocycles. The van der Waals surface area contributed by atoms with Crippen LogP contribution in [-0.2, 0) is 4.79 Å². The van der Waals surface area contributed by atoms with Crippen LogP contribution in [0.4, 0.5) is 5.69 Å². The third-order valence-electron chi connectivity index (χ3n) is 4.49. The van der Waals surface area contributed by atoms with Crippen LogP contribution in [0, 0.1) is 17.8 Å². The van der Waals surface area contributed by atoms with Crippen LogP contribution in [0.5, 0.6) is 0 Å². The van der Waals surface area contributed by atoms with Crippen molar-refractivity contribution in [3.63, 3.8) is 0 Å². The molecule has 0 unspecified atom stereocenters. The molecule has 0 spiro atoms. The number of anilines is 1. The highest BCUT2D eigenvalue weighted by molar-refractivity contribution is 5.76. The van der Waals surface area contributed by atoms with E-state index in [9.17, 15) is 4.79 Å². The molecule has 2 rings (SSSR count). The van der Waals surface area contributed by atoms with E-state index < -0.39 is 0 Å². The van der Waals surface area contributed by atoms with E-state index in [1.54, 1.807) is 0 Å². The number of rotatable bonds is 5. The van der Waals surface area contributed by atoms with Crippen molar-refractivity contribution in [3.05, 3.63) is 29.8 Å². The third-order valence-corrected chi connectivity index (χ3v) is 4.49. The Morgan fingerprint density at radius 2 is 1.87 bits per heavy atom. The fourth-order valence-electron chi connectivity index (χ4n) is 3.03. The van der Waals surface area contributed by atoms with Gasteiger partial charge >= 0.3 is 0 Å². The van der Waals surface area contributed by atoms with Crippen molar-refractivity contribution in [3.8, 4) is 11.8 Å². The van der Waals surface area contributed by atoms with Crippen molar-refractivity contribution in [2.75, 3.05) is 25.5 Å². The predicted molar refractivity (Wildman–Crippen MR) is 96.5 cm³/mol. The summed E-state index contributed by atoms with van der Waals surface area (Å²) in [5.41, 5.74) is 2.14. The Kier molecular flexibility index (Phi) is 7.00. The molecule has 1 N–H and O–H groups in total. The molecule has 124 valence electrons. The minimum absolute atomic E-state index is 0.132. The van der Waals surface area contributed by atoms with E-state index in [1.165, 1.54) is 32.1 Å². The second-order valence-electron chi connectivity index (χ2n) is 6.56. The van der Waals surface area contributed by atoms with Gasteiger partial charge in [0.2, 0.25) is 5.91 Å². The zero-order valence-corrected chi connectivity index (χ0v) is 14.4. The summed E-state index contributed by atoms with van der Waals surface area (Å²) >= 11 is 0. The van der Waals surface area contributed by atoms with Gasteiger partial charge in [-0.15, -0.1) is 0 Å². The minimum atomic E-state index is 0.132. The topological polar surface area (TPSA) is 32.3 Å². The van der Waals surface area contributed by atoms with Crippen molar-refractivity contribution < 1.29 is 4.79 Å². The second kappa shape index (κ2) is 9.25. The van der Waals surface area contributed by atoms with Gasteiger partial charge in [0.25, 0.3) is 0 Å². The largest absolute Gasteiger partial charge is 0.378 e. The molecule has 1 aromatic rings. The number of nitrogens with zero attached hydrogens (tertiary/aromatic N) is 1. The minimum Gasteiger partial charge on any atom is -0.378 e. The van der Waals surface area contributed by atoms with Gasteiger partial charge < -0.3 is 10.2 Å². The SMILES string of the molecule is CN(C)c1ccc(C#CCNC(=O)CCC2CCCCC2)cc1. The van der Waals surface area contributed by atoms with Crippen LogP contribution in [0.2, 0.25) is 0 Å². The first-order valence-electron chi connectivity index (χ1n) is 8.68. The van der Waals surface area contributed by atoms with Crippen molar-refractivity contribution >= 4 is 11.6 Å². The first kappa shape index (κ1) is 17.4. The molecule has 0 aromatic heterocycles. The normalized spacial score (nSPS) is 14.7. The van der Waals surface area contributed by atoms with Gasteiger partial charge in [-0.1, -0.05) is 43.9 Å². The summed E-state index contributed by atoms with van der Waals surface area (Å²) in [6.45, 7) is 0.429. The maximum Gasteiger partial charge on any atom is 0.220 e. The van der Waals surface area contributed by atoms with Crippen molar-refractivity contribution in [2.45, 2.75) is 44.9 Å². The second-order valence-corrected chi connectivity index (χ2v) is 6.56. The predicted octanol–water partition coefficient (Wildman–Crippen LogP) is 3.58. The molecule has 1 aliphatic rings. The average molecular weight is 312 g/mol. The standard InChI is InChI=1S/C20H28N2O/c1-22(2)19-13-10-18(11-14-19)9-6-16-21-20(23)15-12-17-7-4-3-5-8-17/h10-11,13-14,17H,3-5,7-8,12,15-16H2,1-2H3,(H,21,23). The Bertz CT molecular complexity index is 545. The zero-order chi connectivity index (χ0) is 16.5. The fraction of sp³-hybridized carbons (Fsp3) is 0.550. The maximum atomic E-state index is 11.8. The van der Waals surface area contributed by atoms with Crippen molar-refractivity contribution in [1.29, 1.82) is 0 Å². The first-order valence-corrected chi connectivity index (χ1v) is 8.68. The summed E-state index contributed by atoms with van der Waals surface area (Å²) in [6.07, 6.45) is 8.32. The van der Waals surface area contributed by atoms with Crippen molar-refractivity contribution in [1.82, 2.24) is 5.32 Å². The van der Waals surface area contributed by atoms with Crippen LogP contribution in [0.15, 0.2) is 24.3 Å². The zero-order valence-electron chi connectivity index (χ0n) is 14.4. The third kappa shape index (κ3) is 6.36. The van der Waals surface area contributed by atoms with Gasteiger partial charge in [0, 0.05) is 31.8 Å². The molecule has 1 aromatic carbocycles. The van der Waals surface area contributed by atoms with Gasteiger partial charge in [0.15, 0.2) is 0 Å². The molecular formula is C20H28N2O. The van der Waals surface area contributed by atoms with Crippen LogP contribution in [0.25, 0.3) is 0 Å². The molecule has 0 radical (unpaired) electrons. The monoisotopic (exact) mass is 312 g/mol. The van der Waals surface area contributed by atoms with E-state index in [1.807, 2.05) is 38.4 Å². The highest BCUT2D eigenvalue weighted by Gasteiger charge is 2.14. The molecule has 1 amide bonds. The Hall–Kier alpha value is -1.95. The number of carbonyl (C=O) groups is 1. The van der Waals surface area contributed by atoms with Crippen molar-refractivity contribution in [2.24, 2.45) is 5.92 Å². The van der Waals surface area contributed by atoms with E-state index in [2.05, 4.69) is 22.1 Å². The van der Waals surface area contributed by atoms with E-state index in [0.29, 0.717) is 13.0 Å². The Morgan fingerprint density at radius 3 is 2.52 bits per heavy atom. The quantitative estimate of drug-likeness (QED) is 0.843. The molecule has 0 saturated heterocycles. The molecule has 0 aliphatic heterocycles. The smallest absolute Gasteiger partial charge is 0.220 e. The molecule has 1 fully saturated rings. The van der Waals surface area contributed by atoms with Gasteiger partial charge in [-0.3, -0.25) is 4.79 Å². The summed E-state index contributed by atoms with van der Waals surface area (Å²) in [4.78, 5) is 13.9. The van der Waals surface area contributed by atoms with Crippen LogP contribution in [0.1, 0.15) is 50.5 Å². The lowest BCUT2D eigenvalue weighted by molar-refractivity contribution is -0.121. The lowest BCUT2D eigenvalue weighted by Gasteiger charge is -2.20. The summed E-state index contributed by atoms with van der Waals surface area (Å²) in [7, 11) is 4.03. The number of carbonyl (C=O) groups excluding carboxylic acids is 1. The average Bonchev–Trinajstić information content (AvgIpc) is 2.58. The molecule has 1 saturated carbocycles. The van der Waals surface area contributed by atoms with Gasteiger partial charge in [-0.25, -0.2) is 0 Å². The molecule has 23 heavy (non-hydrogen) atoms. The molecule has 0 bridgehead atoms. The van der Waals surface area contributed by atoms with Crippen LogP contribution < -0.4 is 10.2 Å². The molecular weight excluding hydrogens is 284 g/mol. The number of hydrogen-bond acceptors (Lipinski definition) is 2. The van der Waals surface area contributed by atoms with Gasteiger partial charge in [0.05, 0.1) is 6.54 Å². The van der Waals surface area contributed by atoms with E-state index >= 15 is 0 Å². The number of hydrogen-bond donors (Lipinski definition) is 1. The lowest BCUT2D eigenvalue weighted by Crippen LogP contribution is -2.24. The summed E-state index contributed by atoms with van der Waals surface area (Å²) in [5, 5.41) is 2.90. The Balaban J connectivity index is 1.67. The Morgan fingerprint density at radius 1 is 1.17 bits per heavy atom. The summed E-state index contributed by atoms with van der Waals surface area (Å²) < 4.78 is 0. The van der Waals surface area contributed by atoms with Crippen LogP contribution >= 0.6 is 0 Å². The van der Waals surface area contributed by atoms with Crippen LogP contribution in [0.3, 0.4) is 0 Å². The number of benzene rings is 1. The summed E-state index contributed by atoms with van der Waals surface area (Å²) in [6, 6.07) is 8.11. The highest BCUT2D eigenvalue weighted by Crippen LogP contribution is 2.27. The van der Waals surface area contributed by atoms with Gasteiger partial charge in [-0.2, -0.15) is 0 Å². The highest BCUT2D eigenvalue weighted by atomic mass is 16.1. The van der Waals surface area contributed by atoms with E-state index in [0.717, 1.165) is 23.6 Å². The van der Waals surface area contributed by atoms with E-state index in [4.69, 9.17) is 0 Å². The summed E-state index contributed by atoms with van der Waals surface area (Å²) in [5.74, 6) is 7.00. The van der Waals surface area contributed by atoms with Crippen LogP contribution in [-0.4, -0.2) is 26.5 Å². The number of nitrogens with one attached hydrogen (secondary N) is 1. The molecule has 1 aliphatic carbocycles.